The Bertz CT molecular complexity index is 393. The van der Waals surface area contributed by atoms with E-state index in [4.69, 9.17) is 0 Å². The molecule has 0 bridgehead atoms. The average Bonchev–Trinajstić information content (AvgIpc) is 2.53. The van der Waals surface area contributed by atoms with Gasteiger partial charge >= 0.3 is 0 Å². The Kier molecular flexibility index (Phi) is 13.4. The van der Waals surface area contributed by atoms with Crippen LogP contribution in [-0.2, 0) is 0 Å². The van der Waals surface area contributed by atoms with E-state index in [1.807, 2.05) is 12.2 Å². The molecule has 0 aromatic rings. The van der Waals surface area contributed by atoms with Crippen LogP contribution in [0.25, 0.3) is 0 Å². The third-order valence-electron chi connectivity index (χ3n) is 3.68. The van der Waals surface area contributed by atoms with Crippen molar-refractivity contribution in [2.24, 2.45) is 5.92 Å². The summed E-state index contributed by atoms with van der Waals surface area (Å²) < 4.78 is 2.34. The van der Waals surface area contributed by atoms with Crippen LogP contribution in [0, 0.1) is 5.92 Å². The summed E-state index contributed by atoms with van der Waals surface area (Å²) in [5.74, 6) is 0.467. The zero-order valence-electron chi connectivity index (χ0n) is 14.4. The first-order valence-electron chi connectivity index (χ1n) is 8.30. The van der Waals surface area contributed by atoms with Crippen molar-refractivity contribution in [3.8, 4) is 0 Å². The molecule has 0 amide bonds. The Morgan fingerprint density at radius 1 is 1.18 bits per heavy atom. The molecule has 1 atom stereocenters. The summed E-state index contributed by atoms with van der Waals surface area (Å²) >= 11 is 2.43. The molecule has 2 heteroatoms. The highest BCUT2D eigenvalue weighted by atomic mass is 127. The van der Waals surface area contributed by atoms with Crippen molar-refractivity contribution in [3.05, 3.63) is 61.4 Å². The van der Waals surface area contributed by atoms with Crippen LogP contribution in [0.15, 0.2) is 61.4 Å². The number of rotatable bonds is 13. The van der Waals surface area contributed by atoms with Gasteiger partial charge < -0.3 is 3.11 Å². The van der Waals surface area contributed by atoms with Gasteiger partial charge in [0.1, 0.15) is 0 Å². The number of halogens is 1. The third kappa shape index (κ3) is 9.29. The van der Waals surface area contributed by atoms with Gasteiger partial charge in [0.15, 0.2) is 0 Å². The van der Waals surface area contributed by atoms with Gasteiger partial charge in [-0.15, -0.1) is 13.2 Å². The van der Waals surface area contributed by atoms with Crippen molar-refractivity contribution in [1.82, 2.24) is 3.11 Å². The SMILES string of the molecule is C=C/C=C(\CC)CC/C(=C/C(C=C)CCC)N(I)CCC=C. The molecule has 0 fully saturated rings. The predicted molar refractivity (Wildman–Crippen MR) is 110 cm³/mol. The first-order chi connectivity index (χ1) is 10.6. The number of hydrogen-bond donors (Lipinski definition) is 0. The van der Waals surface area contributed by atoms with Gasteiger partial charge in [-0.25, -0.2) is 0 Å². The molecule has 0 aliphatic carbocycles. The molecular weight excluding hydrogens is 381 g/mol. The van der Waals surface area contributed by atoms with Gasteiger partial charge in [-0.05, 0) is 38.0 Å². The van der Waals surface area contributed by atoms with Crippen molar-refractivity contribution in [2.45, 2.75) is 52.4 Å². The van der Waals surface area contributed by atoms with Crippen molar-refractivity contribution in [3.63, 3.8) is 0 Å². The minimum Gasteiger partial charge on any atom is -0.319 e. The van der Waals surface area contributed by atoms with Gasteiger partial charge in [0.05, 0.1) is 22.9 Å². The normalized spacial score (nSPS) is 13.6. The second-order valence-corrected chi connectivity index (χ2v) is 6.59. The molecular formula is C20H32IN. The minimum atomic E-state index is 0.467. The molecule has 0 aromatic heterocycles. The first-order valence-corrected chi connectivity index (χ1v) is 9.27. The maximum Gasteiger partial charge on any atom is 0.0588 e. The Balaban J connectivity index is 5.01. The van der Waals surface area contributed by atoms with Crippen LogP contribution in [0.3, 0.4) is 0 Å². The molecule has 0 heterocycles. The van der Waals surface area contributed by atoms with Crippen molar-refractivity contribution in [2.75, 3.05) is 6.54 Å². The summed E-state index contributed by atoms with van der Waals surface area (Å²) in [5, 5.41) is 0. The number of allylic oxidation sites excluding steroid dienone is 6. The molecule has 0 saturated heterocycles. The van der Waals surface area contributed by atoms with Gasteiger partial charge in [0.2, 0.25) is 0 Å². The van der Waals surface area contributed by atoms with Gasteiger partial charge in [0, 0.05) is 12.2 Å². The fraction of sp³-hybridized carbons (Fsp3) is 0.500. The monoisotopic (exact) mass is 413 g/mol. The van der Waals surface area contributed by atoms with E-state index in [0.717, 1.165) is 32.2 Å². The van der Waals surface area contributed by atoms with E-state index in [-0.39, 0.29) is 0 Å². The summed E-state index contributed by atoms with van der Waals surface area (Å²) in [6.07, 6.45) is 17.1. The minimum absolute atomic E-state index is 0.467. The van der Waals surface area contributed by atoms with Crippen molar-refractivity contribution in [1.29, 1.82) is 0 Å². The quantitative estimate of drug-likeness (QED) is 0.136. The highest BCUT2D eigenvalue weighted by Gasteiger charge is 2.09. The molecule has 0 rings (SSSR count). The van der Waals surface area contributed by atoms with Crippen LogP contribution in [0.2, 0.25) is 0 Å². The standard InChI is InChI=1S/C20H32IN/c1-6-11-16-22(21)20(17-19(10-5)13-8-3)15-14-18(9-4)12-7-2/h6-7,10,12,17,19H,1-2,5,8-9,11,13-16H2,3-4H3/b18-12+,20-17-. The zero-order chi connectivity index (χ0) is 16.8. The molecule has 0 spiro atoms. The molecule has 0 aliphatic heterocycles. The Labute approximate surface area is 152 Å². The lowest BCUT2D eigenvalue weighted by Crippen LogP contribution is -2.13. The van der Waals surface area contributed by atoms with E-state index in [2.05, 4.69) is 77.8 Å². The van der Waals surface area contributed by atoms with Gasteiger partial charge in [-0.1, -0.05) is 62.8 Å². The van der Waals surface area contributed by atoms with Crippen LogP contribution in [0.5, 0.6) is 0 Å². The second-order valence-electron chi connectivity index (χ2n) is 5.42. The molecule has 0 aliphatic rings. The van der Waals surface area contributed by atoms with Gasteiger partial charge in [0.25, 0.3) is 0 Å². The molecule has 0 saturated carbocycles. The van der Waals surface area contributed by atoms with E-state index < -0.39 is 0 Å². The van der Waals surface area contributed by atoms with E-state index in [1.54, 1.807) is 0 Å². The second kappa shape index (κ2) is 13.9. The van der Waals surface area contributed by atoms with E-state index in [1.165, 1.54) is 24.1 Å². The maximum atomic E-state index is 3.99. The summed E-state index contributed by atoms with van der Waals surface area (Å²) in [5.41, 5.74) is 2.87. The van der Waals surface area contributed by atoms with Crippen LogP contribution >= 0.6 is 22.9 Å². The highest BCUT2D eigenvalue weighted by Crippen LogP contribution is 2.24. The van der Waals surface area contributed by atoms with Gasteiger partial charge in [-0.3, -0.25) is 0 Å². The largest absolute Gasteiger partial charge is 0.319 e. The fourth-order valence-corrected chi connectivity index (χ4v) is 3.00. The summed E-state index contributed by atoms with van der Waals surface area (Å²) in [7, 11) is 0. The average molecular weight is 413 g/mol. The van der Waals surface area contributed by atoms with Crippen molar-refractivity contribution >= 4 is 22.9 Å². The van der Waals surface area contributed by atoms with Crippen molar-refractivity contribution < 1.29 is 0 Å². The molecule has 0 N–H and O–H groups in total. The lowest BCUT2D eigenvalue weighted by molar-refractivity contribution is 0.568. The number of hydrogen-bond acceptors (Lipinski definition) is 1. The lowest BCUT2D eigenvalue weighted by Gasteiger charge is -2.22. The molecule has 124 valence electrons. The molecule has 0 aromatic carbocycles. The number of nitrogens with zero attached hydrogens (tertiary/aromatic N) is 1. The highest BCUT2D eigenvalue weighted by molar-refractivity contribution is 14.1. The topological polar surface area (TPSA) is 3.24 Å². The fourth-order valence-electron chi connectivity index (χ4n) is 2.32. The maximum absolute atomic E-state index is 3.99. The van der Waals surface area contributed by atoms with E-state index in [0.29, 0.717) is 5.92 Å². The first kappa shape index (κ1) is 21.2. The van der Waals surface area contributed by atoms with Crippen LogP contribution < -0.4 is 0 Å². The van der Waals surface area contributed by atoms with E-state index in [9.17, 15) is 0 Å². The summed E-state index contributed by atoms with van der Waals surface area (Å²) in [6, 6.07) is 0. The zero-order valence-corrected chi connectivity index (χ0v) is 16.5. The lowest BCUT2D eigenvalue weighted by atomic mass is 9.99. The van der Waals surface area contributed by atoms with E-state index >= 15 is 0 Å². The summed E-state index contributed by atoms with van der Waals surface area (Å²) in [4.78, 5) is 0. The van der Waals surface area contributed by atoms with Gasteiger partial charge in [-0.2, -0.15) is 0 Å². The van der Waals surface area contributed by atoms with Crippen LogP contribution in [0.1, 0.15) is 52.4 Å². The Morgan fingerprint density at radius 3 is 2.41 bits per heavy atom. The molecule has 1 unspecified atom stereocenters. The smallest absolute Gasteiger partial charge is 0.0588 e. The van der Waals surface area contributed by atoms with Crippen LogP contribution in [0.4, 0.5) is 0 Å². The molecule has 22 heavy (non-hydrogen) atoms. The summed E-state index contributed by atoms with van der Waals surface area (Å²) in [6.45, 7) is 17.1. The predicted octanol–water partition coefficient (Wildman–Crippen LogP) is 7.00. The Hall–Kier alpha value is -0.770. The molecule has 1 nitrogen and oxygen atoms in total. The van der Waals surface area contributed by atoms with Crippen LogP contribution in [-0.4, -0.2) is 9.66 Å². The Morgan fingerprint density at radius 2 is 1.91 bits per heavy atom. The third-order valence-corrected chi connectivity index (χ3v) is 4.78. The molecule has 0 radical (unpaired) electrons.